The second-order valence-corrected chi connectivity index (χ2v) is 4.80. The molecule has 4 rings (SSSR count). The van der Waals surface area contributed by atoms with Gasteiger partial charge in [0.1, 0.15) is 0 Å². The Balaban J connectivity index is 2.01. The topological polar surface area (TPSA) is 71.5 Å². The molecule has 2 aromatic carbocycles. The molecule has 0 fully saturated rings. The van der Waals surface area contributed by atoms with Crippen LogP contribution >= 0.6 is 0 Å². The van der Waals surface area contributed by atoms with Crippen LogP contribution in [0, 0.1) is 0 Å². The molecule has 1 aromatic heterocycles. The van der Waals surface area contributed by atoms with Crippen molar-refractivity contribution in [3.8, 4) is 5.75 Å². The van der Waals surface area contributed by atoms with Crippen LogP contribution in [0.2, 0.25) is 0 Å². The molecule has 0 radical (unpaired) electrons. The number of fused-ring (bicyclic) bond motifs is 4. The van der Waals surface area contributed by atoms with E-state index in [-0.39, 0.29) is 5.70 Å². The third-order valence-electron chi connectivity index (χ3n) is 3.47. The van der Waals surface area contributed by atoms with Gasteiger partial charge in [-0.15, -0.1) is 0 Å². The highest BCUT2D eigenvalue weighted by Crippen LogP contribution is 2.34. The number of hydrogen-bond donors (Lipinski definition) is 2. The summed E-state index contributed by atoms with van der Waals surface area (Å²) in [5, 5.41) is 10.9. The first-order valence-electron chi connectivity index (χ1n) is 6.43. The Morgan fingerprint density at radius 3 is 2.86 bits per heavy atom. The fraction of sp³-hybridized carbons (Fsp3) is 0. The standard InChI is InChI=1S/C16H10N2O3/c19-16(20)14-8-10-5-6-13-11(15(10)21-18-14)7-9-3-1-2-4-12(9)17-13/h1-8,18H,(H,19,20). The minimum absolute atomic E-state index is 0.00981. The van der Waals surface area contributed by atoms with E-state index < -0.39 is 5.97 Å². The van der Waals surface area contributed by atoms with Crippen LogP contribution in [0.3, 0.4) is 0 Å². The molecular weight excluding hydrogens is 268 g/mol. The van der Waals surface area contributed by atoms with Gasteiger partial charge in [0, 0.05) is 16.3 Å². The van der Waals surface area contributed by atoms with Crippen LogP contribution in [0.4, 0.5) is 0 Å². The molecule has 5 heteroatoms. The second kappa shape index (κ2) is 4.21. The molecule has 5 nitrogen and oxygen atoms in total. The molecule has 0 aliphatic carbocycles. The zero-order chi connectivity index (χ0) is 14.4. The third kappa shape index (κ3) is 1.79. The summed E-state index contributed by atoms with van der Waals surface area (Å²) in [7, 11) is 0. The van der Waals surface area contributed by atoms with E-state index in [9.17, 15) is 4.79 Å². The summed E-state index contributed by atoms with van der Waals surface area (Å²) >= 11 is 0. The first kappa shape index (κ1) is 11.7. The second-order valence-electron chi connectivity index (χ2n) is 4.80. The maximum Gasteiger partial charge on any atom is 0.355 e. The van der Waals surface area contributed by atoms with Gasteiger partial charge in [0.05, 0.1) is 11.0 Å². The van der Waals surface area contributed by atoms with Gasteiger partial charge in [-0.25, -0.2) is 15.3 Å². The molecule has 2 N–H and O–H groups in total. The molecule has 102 valence electrons. The SMILES string of the molecule is O=C(O)C1=Cc2ccc3nc4ccccc4cc3c2ON1. The number of nitrogens with zero attached hydrogens (tertiary/aromatic N) is 1. The normalized spacial score (nSPS) is 13.2. The third-order valence-corrected chi connectivity index (χ3v) is 3.47. The quantitative estimate of drug-likeness (QED) is 0.670. The van der Waals surface area contributed by atoms with Crippen molar-refractivity contribution in [2.45, 2.75) is 0 Å². The van der Waals surface area contributed by atoms with Gasteiger partial charge in [0.25, 0.3) is 0 Å². The number of rotatable bonds is 1. The van der Waals surface area contributed by atoms with Crippen molar-refractivity contribution < 1.29 is 14.7 Å². The Labute approximate surface area is 119 Å². The molecule has 0 saturated heterocycles. The molecule has 21 heavy (non-hydrogen) atoms. The van der Waals surface area contributed by atoms with Crippen LogP contribution in [0.5, 0.6) is 5.75 Å². The Morgan fingerprint density at radius 2 is 2.00 bits per heavy atom. The van der Waals surface area contributed by atoms with Crippen LogP contribution in [0.1, 0.15) is 5.56 Å². The summed E-state index contributed by atoms with van der Waals surface area (Å²) in [5.41, 5.74) is 4.90. The largest absolute Gasteiger partial charge is 0.476 e. The number of aromatic nitrogens is 1. The summed E-state index contributed by atoms with van der Waals surface area (Å²) in [6, 6.07) is 13.5. The van der Waals surface area contributed by atoms with Gasteiger partial charge >= 0.3 is 5.97 Å². The van der Waals surface area contributed by atoms with E-state index in [0.29, 0.717) is 5.75 Å². The molecule has 0 atom stereocenters. The number of hydrogen-bond acceptors (Lipinski definition) is 4. The van der Waals surface area contributed by atoms with Crippen molar-refractivity contribution in [3.05, 3.63) is 53.7 Å². The number of benzene rings is 2. The lowest BCUT2D eigenvalue weighted by atomic mass is 10.0. The molecule has 1 aliphatic heterocycles. The van der Waals surface area contributed by atoms with E-state index in [4.69, 9.17) is 9.94 Å². The number of nitrogens with one attached hydrogen (secondary N) is 1. The van der Waals surface area contributed by atoms with Gasteiger partial charge in [-0.2, -0.15) is 0 Å². The zero-order valence-corrected chi connectivity index (χ0v) is 10.8. The molecule has 0 amide bonds. The van der Waals surface area contributed by atoms with Crippen LogP contribution in [0.15, 0.2) is 48.2 Å². The van der Waals surface area contributed by atoms with Gasteiger partial charge in [-0.1, -0.05) is 18.2 Å². The van der Waals surface area contributed by atoms with Crippen LogP contribution in [-0.4, -0.2) is 16.1 Å². The van der Waals surface area contributed by atoms with E-state index in [1.54, 1.807) is 6.08 Å². The van der Waals surface area contributed by atoms with Crippen molar-refractivity contribution in [2.75, 3.05) is 0 Å². The number of carbonyl (C=O) groups is 1. The molecular formula is C16H10N2O3. The minimum Gasteiger partial charge on any atom is -0.476 e. The maximum absolute atomic E-state index is 11.0. The maximum atomic E-state index is 11.0. The molecule has 0 saturated carbocycles. The van der Waals surface area contributed by atoms with Crippen molar-refractivity contribution >= 4 is 33.9 Å². The van der Waals surface area contributed by atoms with Gasteiger partial charge in [0.15, 0.2) is 11.4 Å². The summed E-state index contributed by atoms with van der Waals surface area (Å²) in [6.07, 6.45) is 1.55. The fourth-order valence-electron chi connectivity index (χ4n) is 2.46. The smallest absolute Gasteiger partial charge is 0.355 e. The number of aliphatic carboxylic acids is 1. The van der Waals surface area contributed by atoms with Crippen molar-refractivity contribution in [1.29, 1.82) is 0 Å². The van der Waals surface area contributed by atoms with E-state index in [1.165, 1.54) is 0 Å². The average molecular weight is 278 g/mol. The zero-order valence-electron chi connectivity index (χ0n) is 10.8. The highest BCUT2D eigenvalue weighted by molar-refractivity contribution is 6.00. The first-order chi connectivity index (χ1) is 10.2. The molecule has 0 spiro atoms. The monoisotopic (exact) mass is 278 g/mol. The van der Waals surface area contributed by atoms with Crippen molar-refractivity contribution in [1.82, 2.24) is 10.5 Å². The Bertz CT molecular complexity index is 931. The summed E-state index contributed by atoms with van der Waals surface area (Å²) in [6.45, 7) is 0. The summed E-state index contributed by atoms with van der Waals surface area (Å²) < 4.78 is 0. The van der Waals surface area contributed by atoms with Crippen LogP contribution < -0.4 is 10.3 Å². The Kier molecular flexibility index (Phi) is 2.35. The highest BCUT2D eigenvalue weighted by atomic mass is 16.6. The van der Waals surface area contributed by atoms with Crippen molar-refractivity contribution in [2.24, 2.45) is 0 Å². The molecule has 0 bridgehead atoms. The fourth-order valence-corrected chi connectivity index (χ4v) is 2.46. The lowest BCUT2D eigenvalue weighted by molar-refractivity contribution is -0.133. The van der Waals surface area contributed by atoms with E-state index in [2.05, 4.69) is 10.5 Å². The van der Waals surface area contributed by atoms with Gasteiger partial charge in [0.2, 0.25) is 0 Å². The van der Waals surface area contributed by atoms with Crippen LogP contribution in [0.25, 0.3) is 27.9 Å². The van der Waals surface area contributed by atoms with Gasteiger partial charge in [-0.05, 0) is 30.3 Å². The van der Waals surface area contributed by atoms with Crippen LogP contribution in [-0.2, 0) is 4.79 Å². The Hall–Kier alpha value is -3.08. The number of carboxylic acids is 1. The van der Waals surface area contributed by atoms with E-state index >= 15 is 0 Å². The lowest BCUT2D eigenvalue weighted by Crippen LogP contribution is -2.26. The van der Waals surface area contributed by atoms with Gasteiger partial charge in [-0.3, -0.25) is 0 Å². The molecule has 3 aromatic rings. The number of carboxylic acid groups (broad SMARTS) is 1. The lowest BCUT2D eigenvalue weighted by Gasteiger charge is -2.18. The first-order valence-corrected chi connectivity index (χ1v) is 6.43. The van der Waals surface area contributed by atoms with E-state index in [1.807, 2.05) is 42.5 Å². The van der Waals surface area contributed by atoms with E-state index in [0.717, 1.165) is 27.4 Å². The summed E-state index contributed by atoms with van der Waals surface area (Å²) in [5.74, 6) is -0.465. The minimum atomic E-state index is -1.06. The molecule has 2 heterocycles. The summed E-state index contributed by atoms with van der Waals surface area (Å²) in [4.78, 5) is 21.0. The van der Waals surface area contributed by atoms with Gasteiger partial charge < -0.3 is 9.94 Å². The highest BCUT2D eigenvalue weighted by Gasteiger charge is 2.19. The predicted octanol–water partition coefficient (Wildman–Crippen LogP) is 2.71. The number of pyridine rings is 1. The number of para-hydroxylation sites is 1. The molecule has 0 unspecified atom stereocenters. The Morgan fingerprint density at radius 1 is 1.14 bits per heavy atom. The molecule has 1 aliphatic rings. The van der Waals surface area contributed by atoms with Crippen molar-refractivity contribution in [3.63, 3.8) is 0 Å². The average Bonchev–Trinajstić information content (AvgIpc) is 2.52. The number of hydroxylamine groups is 1. The predicted molar refractivity (Wildman–Crippen MR) is 78.6 cm³/mol.